The normalized spacial score (nSPS) is 10.9. The lowest BCUT2D eigenvalue weighted by molar-refractivity contribution is 0.0697. The zero-order chi connectivity index (χ0) is 19.0. The van der Waals surface area contributed by atoms with E-state index in [-0.39, 0.29) is 11.4 Å². The molecule has 0 saturated heterocycles. The molecule has 0 aliphatic heterocycles. The maximum Gasteiger partial charge on any atom is 0.335 e. The lowest BCUT2D eigenvalue weighted by Crippen LogP contribution is -2.01. The van der Waals surface area contributed by atoms with Crippen molar-refractivity contribution in [3.63, 3.8) is 0 Å². The van der Waals surface area contributed by atoms with Crippen LogP contribution in [0.1, 0.15) is 16.2 Å². The van der Waals surface area contributed by atoms with E-state index in [1.54, 1.807) is 37.3 Å². The summed E-state index contributed by atoms with van der Waals surface area (Å²) in [6.45, 7) is 1.80. The van der Waals surface area contributed by atoms with Crippen molar-refractivity contribution in [2.45, 2.75) is 6.92 Å². The molecule has 5 nitrogen and oxygen atoms in total. The molecule has 27 heavy (non-hydrogen) atoms. The molecule has 0 unspecified atom stereocenters. The molecule has 0 spiro atoms. The molecule has 2 N–H and O–H groups in total. The van der Waals surface area contributed by atoms with Gasteiger partial charge in [0.05, 0.1) is 10.9 Å². The van der Waals surface area contributed by atoms with E-state index >= 15 is 0 Å². The molecule has 0 fully saturated rings. The summed E-state index contributed by atoms with van der Waals surface area (Å²) in [7, 11) is 0. The highest BCUT2D eigenvalue weighted by Crippen LogP contribution is 2.38. The number of fused-ring (bicyclic) bond motifs is 1. The third kappa shape index (κ3) is 3.37. The van der Waals surface area contributed by atoms with Crippen LogP contribution in [0.3, 0.4) is 0 Å². The number of nitrogens with zero attached hydrogens (tertiary/aromatic N) is 2. The number of anilines is 2. The number of nitrogens with one attached hydrogen (secondary N) is 1. The fraction of sp³-hybridized carbons (Fsp3) is 0.0500. The van der Waals surface area contributed by atoms with Crippen LogP contribution in [-0.4, -0.2) is 21.0 Å². The number of thiophene rings is 1. The summed E-state index contributed by atoms with van der Waals surface area (Å²) in [5, 5.41) is 15.2. The number of hydrogen-bond donors (Lipinski definition) is 2. The van der Waals surface area contributed by atoms with E-state index in [4.69, 9.17) is 0 Å². The minimum atomic E-state index is -0.995. The van der Waals surface area contributed by atoms with Gasteiger partial charge in [0.2, 0.25) is 0 Å². The molecule has 0 atom stereocenters. The number of aromatic nitrogens is 2. The third-order valence-electron chi connectivity index (χ3n) is 4.07. The van der Waals surface area contributed by atoms with Crippen LogP contribution in [0.4, 0.5) is 15.9 Å². The number of carbonyl (C=O) groups is 1. The Hall–Kier alpha value is -3.32. The first kappa shape index (κ1) is 17.1. The first-order chi connectivity index (χ1) is 13.0. The van der Waals surface area contributed by atoms with Gasteiger partial charge in [-0.2, -0.15) is 0 Å². The predicted molar refractivity (Wildman–Crippen MR) is 104 cm³/mol. The predicted octanol–water partition coefficient (Wildman–Crippen LogP) is 5.25. The van der Waals surface area contributed by atoms with Gasteiger partial charge in [-0.1, -0.05) is 18.2 Å². The minimum Gasteiger partial charge on any atom is -0.478 e. The van der Waals surface area contributed by atoms with Gasteiger partial charge < -0.3 is 10.4 Å². The number of aryl methyl sites for hydroxylation is 1. The van der Waals surface area contributed by atoms with Crippen LogP contribution in [0.15, 0.2) is 53.9 Å². The molecular formula is C20H14FN3O2S. The Bertz CT molecular complexity index is 1160. The van der Waals surface area contributed by atoms with Crippen LogP contribution in [0.5, 0.6) is 0 Å². The third-order valence-corrected chi connectivity index (χ3v) is 4.95. The first-order valence-electron chi connectivity index (χ1n) is 8.13. The molecule has 0 aliphatic carbocycles. The van der Waals surface area contributed by atoms with Gasteiger partial charge in [0.15, 0.2) is 0 Å². The van der Waals surface area contributed by atoms with Crippen molar-refractivity contribution >= 4 is 39.0 Å². The highest BCUT2D eigenvalue weighted by molar-refractivity contribution is 7.17. The van der Waals surface area contributed by atoms with Crippen LogP contribution in [0.2, 0.25) is 0 Å². The number of hydrogen-bond acceptors (Lipinski definition) is 5. The van der Waals surface area contributed by atoms with Crippen molar-refractivity contribution in [2.24, 2.45) is 0 Å². The van der Waals surface area contributed by atoms with Gasteiger partial charge in [0, 0.05) is 16.6 Å². The average molecular weight is 379 g/mol. The van der Waals surface area contributed by atoms with Crippen molar-refractivity contribution in [3.05, 3.63) is 71.1 Å². The maximum absolute atomic E-state index is 13.3. The van der Waals surface area contributed by atoms with E-state index in [1.165, 1.54) is 29.5 Å². The topological polar surface area (TPSA) is 75.1 Å². The van der Waals surface area contributed by atoms with Gasteiger partial charge in [-0.15, -0.1) is 11.3 Å². The molecule has 4 rings (SSSR count). The number of halogens is 1. The molecule has 7 heteroatoms. The monoisotopic (exact) mass is 379 g/mol. The second-order valence-corrected chi connectivity index (χ2v) is 6.82. The van der Waals surface area contributed by atoms with E-state index in [2.05, 4.69) is 15.3 Å². The zero-order valence-electron chi connectivity index (χ0n) is 14.2. The van der Waals surface area contributed by atoms with Crippen molar-refractivity contribution in [3.8, 4) is 11.1 Å². The highest BCUT2D eigenvalue weighted by Gasteiger charge is 2.15. The SMILES string of the molecule is Cc1nc(Nc2cccc(C(=O)O)c2)c2c(-c3ccc(F)cc3)csc2n1. The number of aromatic carboxylic acids is 1. The molecule has 4 aromatic rings. The molecule has 0 aliphatic rings. The van der Waals surface area contributed by atoms with Crippen molar-refractivity contribution in [1.82, 2.24) is 9.97 Å². The fourth-order valence-corrected chi connectivity index (χ4v) is 3.84. The largest absolute Gasteiger partial charge is 0.478 e. The summed E-state index contributed by atoms with van der Waals surface area (Å²) in [6, 6.07) is 12.8. The first-order valence-corrected chi connectivity index (χ1v) is 9.01. The lowest BCUT2D eigenvalue weighted by Gasteiger charge is -2.10. The van der Waals surface area contributed by atoms with Gasteiger partial charge >= 0.3 is 5.97 Å². The van der Waals surface area contributed by atoms with Crippen LogP contribution < -0.4 is 5.32 Å². The summed E-state index contributed by atoms with van der Waals surface area (Å²) in [4.78, 5) is 21.0. The smallest absolute Gasteiger partial charge is 0.335 e. The van der Waals surface area contributed by atoms with Crippen molar-refractivity contribution < 1.29 is 14.3 Å². The zero-order valence-corrected chi connectivity index (χ0v) is 15.0. The van der Waals surface area contributed by atoms with Gasteiger partial charge in [0.1, 0.15) is 22.3 Å². The molecule has 0 saturated carbocycles. The molecule has 0 radical (unpaired) electrons. The molecular weight excluding hydrogens is 365 g/mol. The molecule has 0 bridgehead atoms. The number of carboxylic acid groups (broad SMARTS) is 1. The van der Waals surface area contributed by atoms with E-state index in [1.807, 2.05) is 5.38 Å². The van der Waals surface area contributed by atoms with Crippen LogP contribution in [0, 0.1) is 12.7 Å². The molecule has 2 heterocycles. The van der Waals surface area contributed by atoms with Gasteiger partial charge in [-0.25, -0.2) is 19.2 Å². The Morgan fingerprint density at radius 3 is 2.67 bits per heavy atom. The molecule has 0 amide bonds. The molecule has 134 valence electrons. The van der Waals surface area contributed by atoms with Crippen molar-refractivity contribution in [1.29, 1.82) is 0 Å². The minimum absolute atomic E-state index is 0.186. The Morgan fingerprint density at radius 1 is 1.15 bits per heavy atom. The summed E-state index contributed by atoms with van der Waals surface area (Å²) >= 11 is 1.48. The second-order valence-electron chi connectivity index (χ2n) is 5.97. The van der Waals surface area contributed by atoms with Gasteiger partial charge in [-0.05, 0) is 42.8 Å². The van der Waals surface area contributed by atoms with E-state index in [0.717, 1.165) is 21.3 Å². The Labute approximate surface area is 158 Å². The van der Waals surface area contributed by atoms with Crippen LogP contribution in [0.25, 0.3) is 21.3 Å². The summed E-state index contributed by atoms with van der Waals surface area (Å²) in [6.07, 6.45) is 0. The average Bonchev–Trinajstić information content (AvgIpc) is 3.06. The summed E-state index contributed by atoms with van der Waals surface area (Å²) in [5.74, 6) is -0.105. The van der Waals surface area contributed by atoms with E-state index < -0.39 is 5.97 Å². The fourth-order valence-electron chi connectivity index (χ4n) is 2.85. The van der Waals surface area contributed by atoms with Gasteiger partial charge in [0.25, 0.3) is 0 Å². The van der Waals surface area contributed by atoms with E-state index in [9.17, 15) is 14.3 Å². The quantitative estimate of drug-likeness (QED) is 0.507. The van der Waals surface area contributed by atoms with Gasteiger partial charge in [-0.3, -0.25) is 0 Å². The standard InChI is InChI=1S/C20H14FN3O2S/c1-11-22-18(24-15-4-2-3-13(9-15)20(25)26)17-16(10-27-19(17)23-11)12-5-7-14(21)8-6-12/h2-10H,1H3,(H,25,26)(H,22,23,24). The number of rotatable bonds is 4. The second kappa shape index (κ2) is 6.77. The van der Waals surface area contributed by atoms with Crippen molar-refractivity contribution in [2.75, 3.05) is 5.32 Å². The van der Waals surface area contributed by atoms with Crippen LogP contribution >= 0.6 is 11.3 Å². The molecule has 2 aromatic heterocycles. The lowest BCUT2D eigenvalue weighted by atomic mass is 10.1. The van der Waals surface area contributed by atoms with Crippen LogP contribution in [-0.2, 0) is 0 Å². The molecule has 2 aromatic carbocycles. The summed E-state index contributed by atoms with van der Waals surface area (Å²) in [5.41, 5.74) is 2.56. The Morgan fingerprint density at radius 2 is 1.93 bits per heavy atom. The number of benzene rings is 2. The Balaban J connectivity index is 1.84. The summed E-state index contributed by atoms with van der Waals surface area (Å²) < 4.78 is 13.3. The Kier molecular flexibility index (Phi) is 4.29. The number of carboxylic acids is 1. The van der Waals surface area contributed by atoms with E-state index in [0.29, 0.717) is 17.3 Å². The highest BCUT2D eigenvalue weighted by atomic mass is 32.1. The maximum atomic E-state index is 13.3.